The fourth-order valence-corrected chi connectivity index (χ4v) is 1.87. The smallest absolute Gasteiger partial charge is 0.0398 e. The fraction of sp³-hybridized carbons (Fsp3) is 0.733. The first-order valence-corrected chi connectivity index (χ1v) is 7.22. The normalized spacial score (nSPS) is 11.0. The Morgan fingerprint density at radius 1 is 1.16 bits per heavy atom. The monoisotopic (exact) mass is 266 g/mol. The summed E-state index contributed by atoms with van der Waals surface area (Å²) in [7, 11) is 1.87. The Kier molecular flexibility index (Phi) is 12.4. The van der Waals surface area contributed by atoms with Crippen LogP contribution >= 0.6 is 0 Å². The van der Waals surface area contributed by atoms with Gasteiger partial charge in [-0.1, -0.05) is 25.7 Å². The van der Waals surface area contributed by atoms with Gasteiger partial charge in [0.25, 0.3) is 0 Å². The molecule has 0 fully saturated rings. The number of likely N-dealkylation sites (N-methyl/N-ethyl adjacent to an activating group) is 1. The summed E-state index contributed by atoms with van der Waals surface area (Å²) in [6, 6.07) is 0. The summed E-state index contributed by atoms with van der Waals surface area (Å²) in [5.74, 6) is 11.9. The third-order valence-electron chi connectivity index (χ3n) is 2.86. The average molecular weight is 266 g/mol. The van der Waals surface area contributed by atoms with Gasteiger partial charge < -0.3 is 16.1 Å². The average Bonchev–Trinajstić information content (AvgIpc) is 2.37. The molecule has 0 unspecified atom stereocenters. The van der Waals surface area contributed by atoms with E-state index < -0.39 is 0 Å². The molecule has 19 heavy (non-hydrogen) atoms. The van der Waals surface area contributed by atoms with Crippen molar-refractivity contribution in [1.82, 2.24) is 10.3 Å². The minimum Gasteiger partial charge on any atom is -0.400 e. The molecule has 0 rings (SSSR count). The summed E-state index contributed by atoms with van der Waals surface area (Å²) in [5, 5.41) is 4.68. The van der Waals surface area contributed by atoms with E-state index in [0.29, 0.717) is 6.54 Å². The van der Waals surface area contributed by atoms with Gasteiger partial charge in [-0.05, 0) is 26.8 Å². The van der Waals surface area contributed by atoms with Crippen LogP contribution in [0, 0.1) is 11.8 Å². The Morgan fingerprint density at radius 2 is 1.79 bits per heavy atom. The Hall–Kier alpha value is -1.18. The predicted octanol–water partition coefficient (Wildman–Crippen LogP) is 1.94. The van der Waals surface area contributed by atoms with Crippen LogP contribution in [0.3, 0.4) is 0 Å². The number of unbranched alkanes of at least 4 members (excludes halogenated alkanes) is 6. The van der Waals surface area contributed by atoms with Crippen molar-refractivity contribution >= 4 is 0 Å². The van der Waals surface area contributed by atoms with Gasteiger partial charge in [-0.25, -0.2) is 5.84 Å². The van der Waals surface area contributed by atoms with Crippen molar-refractivity contribution in [2.24, 2.45) is 11.6 Å². The largest absolute Gasteiger partial charge is 0.400 e. The molecule has 0 saturated carbocycles. The second kappa shape index (κ2) is 13.3. The van der Waals surface area contributed by atoms with Crippen LogP contribution < -0.4 is 16.9 Å². The second-order valence-corrected chi connectivity index (χ2v) is 4.77. The Labute approximate surface area is 118 Å². The van der Waals surface area contributed by atoms with Gasteiger partial charge >= 0.3 is 0 Å². The van der Waals surface area contributed by atoms with Crippen molar-refractivity contribution < 1.29 is 0 Å². The van der Waals surface area contributed by atoms with Crippen molar-refractivity contribution in [1.29, 1.82) is 0 Å². The first-order valence-electron chi connectivity index (χ1n) is 7.22. The van der Waals surface area contributed by atoms with E-state index in [1.165, 1.54) is 32.1 Å². The van der Waals surface area contributed by atoms with Crippen LogP contribution in [0.4, 0.5) is 0 Å². The standard InChI is InChI=1S/C15H30N4/c1-3-4-5-6-7-8-9-10-11-12-19(17)14-15(16)13-18-2/h14,18H,5-13,16-17H2,1-2H3/b15-14-. The molecule has 0 spiro atoms. The summed E-state index contributed by atoms with van der Waals surface area (Å²) in [6.07, 6.45) is 10.3. The molecule has 0 aliphatic rings. The van der Waals surface area contributed by atoms with Gasteiger partial charge in [0.15, 0.2) is 0 Å². The predicted molar refractivity (Wildman–Crippen MR) is 82.9 cm³/mol. The molecule has 0 aromatic heterocycles. The molecule has 0 aliphatic heterocycles. The van der Waals surface area contributed by atoms with Gasteiger partial charge in [0.2, 0.25) is 0 Å². The van der Waals surface area contributed by atoms with Crippen LogP contribution in [-0.4, -0.2) is 25.1 Å². The Balaban J connectivity index is 3.38. The number of hydrazine groups is 1. The fourth-order valence-electron chi connectivity index (χ4n) is 1.87. The third-order valence-corrected chi connectivity index (χ3v) is 2.86. The van der Waals surface area contributed by atoms with Crippen molar-refractivity contribution in [2.75, 3.05) is 20.1 Å². The van der Waals surface area contributed by atoms with Crippen molar-refractivity contribution in [3.05, 3.63) is 11.9 Å². The molecule has 4 heteroatoms. The molecule has 0 aromatic carbocycles. The highest BCUT2D eigenvalue weighted by molar-refractivity contribution is 4.96. The molecule has 0 radical (unpaired) electrons. The van der Waals surface area contributed by atoms with Crippen LogP contribution in [-0.2, 0) is 0 Å². The minimum absolute atomic E-state index is 0.675. The lowest BCUT2D eigenvalue weighted by Gasteiger charge is -2.14. The maximum atomic E-state index is 5.83. The third kappa shape index (κ3) is 13.1. The van der Waals surface area contributed by atoms with E-state index in [-0.39, 0.29) is 0 Å². The quantitative estimate of drug-likeness (QED) is 0.231. The van der Waals surface area contributed by atoms with E-state index in [2.05, 4.69) is 17.2 Å². The number of hydrogen-bond acceptors (Lipinski definition) is 4. The Morgan fingerprint density at radius 3 is 2.42 bits per heavy atom. The first-order chi connectivity index (χ1) is 9.20. The Bertz CT molecular complexity index is 288. The van der Waals surface area contributed by atoms with Crippen molar-refractivity contribution in [3.63, 3.8) is 0 Å². The van der Waals surface area contributed by atoms with Gasteiger partial charge in [0.1, 0.15) is 0 Å². The van der Waals surface area contributed by atoms with E-state index in [0.717, 1.165) is 25.1 Å². The second-order valence-electron chi connectivity index (χ2n) is 4.77. The minimum atomic E-state index is 0.675. The highest BCUT2D eigenvalue weighted by Crippen LogP contribution is 2.07. The SMILES string of the molecule is CC#CCCCCCCCCN(N)/C=C(\N)CNC. The maximum absolute atomic E-state index is 5.83. The maximum Gasteiger partial charge on any atom is 0.0398 e. The van der Waals surface area contributed by atoms with Gasteiger partial charge in [-0.15, -0.1) is 11.8 Å². The molecular weight excluding hydrogens is 236 g/mol. The van der Waals surface area contributed by atoms with Gasteiger partial charge in [-0.2, -0.15) is 0 Å². The number of nitrogens with one attached hydrogen (secondary N) is 1. The zero-order valence-corrected chi connectivity index (χ0v) is 12.5. The van der Waals surface area contributed by atoms with Crippen LogP contribution in [0.15, 0.2) is 11.9 Å². The summed E-state index contributed by atoms with van der Waals surface area (Å²) in [4.78, 5) is 0. The molecular formula is C15H30N4. The summed E-state index contributed by atoms with van der Waals surface area (Å²) in [6.45, 7) is 3.44. The molecule has 0 amide bonds. The molecule has 0 bridgehead atoms. The van der Waals surface area contributed by atoms with Gasteiger partial charge in [-0.3, -0.25) is 0 Å². The van der Waals surface area contributed by atoms with Crippen molar-refractivity contribution in [2.45, 2.75) is 51.9 Å². The van der Waals surface area contributed by atoms with Gasteiger partial charge in [0.05, 0.1) is 0 Å². The summed E-state index contributed by atoms with van der Waals surface area (Å²) < 4.78 is 0. The molecule has 0 atom stereocenters. The molecule has 110 valence electrons. The van der Waals surface area contributed by atoms with E-state index in [4.69, 9.17) is 11.6 Å². The molecule has 4 nitrogen and oxygen atoms in total. The molecule has 0 heterocycles. The van der Waals surface area contributed by atoms with Gasteiger partial charge in [0, 0.05) is 31.4 Å². The number of rotatable bonds is 11. The first kappa shape index (κ1) is 17.8. The molecule has 0 aromatic rings. The topological polar surface area (TPSA) is 67.3 Å². The number of nitrogens with zero attached hydrogens (tertiary/aromatic N) is 1. The highest BCUT2D eigenvalue weighted by atomic mass is 15.4. The van der Waals surface area contributed by atoms with E-state index >= 15 is 0 Å². The van der Waals surface area contributed by atoms with Crippen LogP contribution in [0.25, 0.3) is 0 Å². The molecule has 0 saturated heterocycles. The highest BCUT2D eigenvalue weighted by Gasteiger charge is 1.96. The number of hydrogen-bond donors (Lipinski definition) is 3. The van der Waals surface area contributed by atoms with Crippen LogP contribution in [0.5, 0.6) is 0 Å². The van der Waals surface area contributed by atoms with Crippen LogP contribution in [0.2, 0.25) is 0 Å². The van der Waals surface area contributed by atoms with E-state index in [1.54, 1.807) is 11.2 Å². The summed E-state index contributed by atoms with van der Waals surface area (Å²) in [5.41, 5.74) is 6.53. The summed E-state index contributed by atoms with van der Waals surface area (Å²) >= 11 is 0. The lowest BCUT2D eigenvalue weighted by Crippen LogP contribution is -2.29. The lowest BCUT2D eigenvalue weighted by atomic mass is 10.1. The van der Waals surface area contributed by atoms with Crippen LogP contribution in [0.1, 0.15) is 51.9 Å². The lowest BCUT2D eigenvalue weighted by molar-refractivity contribution is 0.372. The zero-order chi connectivity index (χ0) is 14.3. The number of nitrogens with two attached hydrogens (primary N) is 2. The molecule has 0 aliphatic carbocycles. The zero-order valence-electron chi connectivity index (χ0n) is 12.5. The van der Waals surface area contributed by atoms with E-state index in [9.17, 15) is 0 Å². The molecule has 5 N–H and O–H groups in total. The van der Waals surface area contributed by atoms with E-state index in [1.807, 2.05) is 14.0 Å². The van der Waals surface area contributed by atoms with Crippen molar-refractivity contribution in [3.8, 4) is 11.8 Å².